The van der Waals surface area contributed by atoms with Crippen LogP contribution >= 0.6 is 0 Å². The molecule has 2 aromatic carbocycles. The van der Waals surface area contributed by atoms with Gasteiger partial charge in [-0.25, -0.2) is 4.99 Å². The second kappa shape index (κ2) is 7.58. The largest absolute Gasteiger partial charge is 0.475 e. The van der Waals surface area contributed by atoms with Crippen LogP contribution in [-0.2, 0) is 9.47 Å². The highest BCUT2D eigenvalue weighted by Crippen LogP contribution is 2.24. The Hall–Kier alpha value is -2.86. The van der Waals surface area contributed by atoms with E-state index in [1.807, 2.05) is 48.5 Å². The lowest BCUT2D eigenvalue weighted by Crippen LogP contribution is -2.37. The van der Waals surface area contributed by atoms with E-state index in [0.717, 1.165) is 24.3 Å². The summed E-state index contributed by atoms with van der Waals surface area (Å²) < 4.78 is 11.0. The summed E-state index contributed by atoms with van der Waals surface area (Å²) in [6.45, 7) is 4.15. The molecule has 1 N–H and O–H groups in total. The van der Waals surface area contributed by atoms with Crippen LogP contribution in [0, 0.1) is 0 Å². The minimum atomic E-state index is -0.141. The smallest absolute Gasteiger partial charge is 0.257 e. The molecule has 4 rings (SSSR count). The van der Waals surface area contributed by atoms with Crippen molar-refractivity contribution in [1.82, 2.24) is 0 Å². The van der Waals surface area contributed by atoms with E-state index in [1.165, 1.54) is 0 Å². The molecule has 0 aliphatic carbocycles. The van der Waals surface area contributed by atoms with Gasteiger partial charge >= 0.3 is 0 Å². The number of hydrogen-bond acceptors (Lipinski definition) is 5. The standard InChI is InChI=1S/C20H21N3O3/c24-19(16-6-2-4-8-18(16)23-10-13-25-14-11-23)22-17-7-3-1-5-15(17)20-21-9-12-26-20/h1-8H,9-14H2,(H,22,24). The molecular weight excluding hydrogens is 330 g/mol. The number of nitrogens with one attached hydrogen (secondary N) is 1. The third kappa shape index (κ3) is 3.41. The third-order valence-corrected chi connectivity index (χ3v) is 4.49. The van der Waals surface area contributed by atoms with Crippen molar-refractivity contribution in [2.24, 2.45) is 4.99 Å². The molecule has 0 atom stereocenters. The molecule has 2 aliphatic heterocycles. The Labute approximate surface area is 152 Å². The minimum absolute atomic E-state index is 0.141. The summed E-state index contributed by atoms with van der Waals surface area (Å²) >= 11 is 0. The average molecular weight is 351 g/mol. The van der Waals surface area contributed by atoms with Crippen LogP contribution in [0.25, 0.3) is 0 Å². The maximum Gasteiger partial charge on any atom is 0.257 e. The predicted molar refractivity (Wildman–Crippen MR) is 101 cm³/mol. The first-order chi connectivity index (χ1) is 12.8. The molecule has 1 amide bonds. The molecule has 134 valence electrons. The Kier molecular flexibility index (Phi) is 4.84. The number of ether oxygens (including phenoxy) is 2. The Morgan fingerprint density at radius 3 is 2.58 bits per heavy atom. The summed E-state index contributed by atoms with van der Waals surface area (Å²) in [7, 11) is 0. The van der Waals surface area contributed by atoms with E-state index >= 15 is 0 Å². The number of anilines is 2. The van der Waals surface area contributed by atoms with Crippen molar-refractivity contribution >= 4 is 23.2 Å². The van der Waals surface area contributed by atoms with E-state index in [1.54, 1.807) is 0 Å². The molecule has 0 aromatic heterocycles. The van der Waals surface area contributed by atoms with Gasteiger partial charge in [0, 0.05) is 18.8 Å². The van der Waals surface area contributed by atoms with Crippen LogP contribution in [0.5, 0.6) is 0 Å². The number of para-hydroxylation sites is 2. The van der Waals surface area contributed by atoms with Gasteiger partial charge < -0.3 is 19.7 Å². The fourth-order valence-electron chi connectivity index (χ4n) is 3.21. The highest BCUT2D eigenvalue weighted by Gasteiger charge is 2.20. The Morgan fingerprint density at radius 2 is 1.77 bits per heavy atom. The first-order valence-electron chi connectivity index (χ1n) is 8.82. The normalized spacial score (nSPS) is 16.8. The maximum atomic E-state index is 13.0. The second-order valence-corrected chi connectivity index (χ2v) is 6.15. The molecule has 2 heterocycles. The highest BCUT2D eigenvalue weighted by atomic mass is 16.5. The molecule has 26 heavy (non-hydrogen) atoms. The monoisotopic (exact) mass is 351 g/mol. The quantitative estimate of drug-likeness (QED) is 0.920. The van der Waals surface area contributed by atoms with Crippen molar-refractivity contribution in [2.75, 3.05) is 49.7 Å². The van der Waals surface area contributed by atoms with Crippen LogP contribution in [0.2, 0.25) is 0 Å². The van der Waals surface area contributed by atoms with Gasteiger partial charge in [-0.3, -0.25) is 4.79 Å². The fourth-order valence-corrected chi connectivity index (χ4v) is 3.21. The van der Waals surface area contributed by atoms with Crippen molar-refractivity contribution in [3.05, 3.63) is 59.7 Å². The molecule has 0 radical (unpaired) electrons. The van der Waals surface area contributed by atoms with E-state index in [0.29, 0.717) is 43.5 Å². The molecule has 1 saturated heterocycles. The maximum absolute atomic E-state index is 13.0. The molecule has 2 aromatic rings. The summed E-state index contributed by atoms with van der Waals surface area (Å²) in [5.41, 5.74) is 3.09. The fraction of sp³-hybridized carbons (Fsp3) is 0.300. The molecule has 0 spiro atoms. The van der Waals surface area contributed by atoms with Gasteiger partial charge in [0.05, 0.1) is 36.6 Å². The summed E-state index contributed by atoms with van der Waals surface area (Å²) in [6, 6.07) is 15.3. The topological polar surface area (TPSA) is 63.2 Å². The number of amides is 1. The molecule has 0 bridgehead atoms. The zero-order valence-corrected chi connectivity index (χ0v) is 14.5. The molecule has 0 saturated carbocycles. The van der Waals surface area contributed by atoms with Crippen LogP contribution in [0.1, 0.15) is 15.9 Å². The van der Waals surface area contributed by atoms with Crippen LogP contribution < -0.4 is 10.2 Å². The van der Waals surface area contributed by atoms with Gasteiger partial charge in [0.1, 0.15) is 6.61 Å². The molecule has 1 fully saturated rings. The van der Waals surface area contributed by atoms with Gasteiger partial charge in [-0.2, -0.15) is 0 Å². The first-order valence-corrected chi connectivity index (χ1v) is 8.82. The van der Waals surface area contributed by atoms with E-state index in [2.05, 4.69) is 15.2 Å². The number of aliphatic imine (C=N–C) groups is 1. The lowest BCUT2D eigenvalue weighted by molar-refractivity contribution is 0.102. The summed E-state index contributed by atoms with van der Waals surface area (Å²) in [6.07, 6.45) is 0. The number of carbonyl (C=O) groups excluding carboxylic acids is 1. The van der Waals surface area contributed by atoms with Crippen molar-refractivity contribution in [2.45, 2.75) is 0 Å². The van der Waals surface area contributed by atoms with E-state index in [-0.39, 0.29) is 5.91 Å². The predicted octanol–water partition coefficient (Wildman–Crippen LogP) is 2.55. The second-order valence-electron chi connectivity index (χ2n) is 6.15. The lowest BCUT2D eigenvalue weighted by atomic mass is 10.1. The van der Waals surface area contributed by atoms with Gasteiger partial charge in [-0.05, 0) is 24.3 Å². The van der Waals surface area contributed by atoms with Crippen molar-refractivity contribution in [1.29, 1.82) is 0 Å². The van der Waals surface area contributed by atoms with Crippen LogP contribution in [0.4, 0.5) is 11.4 Å². The Balaban J connectivity index is 1.60. The third-order valence-electron chi connectivity index (χ3n) is 4.49. The lowest BCUT2D eigenvalue weighted by Gasteiger charge is -2.30. The highest BCUT2D eigenvalue weighted by molar-refractivity contribution is 6.11. The minimum Gasteiger partial charge on any atom is -0.475 e. The van der Waals surface area contributed by atoms with Crippen molar-refractivity contribution < 1.29 is 14.3 Å². The molecule has 6 heteroatoms. The number of benzene rings is 2. The molecule has 2 aliphatic rings. The van der Waals surface area contributed by atoms with E-state index < -0.39 is 0 Å². The van der Waals surface area contributed by atoms with Gasteiger partial charge in [0.15, 0.2) is 0 Å². The number of carbonyl (C=O) groups is 1. The Morgan fingerprint density at radius 1 is 1.00 bits per heavy atom. The average Bonchev–Trinajstić information content (AvgIpc) is 3.24. The van der Waals surface area contributed by atoms with Gasteiger partial charge in [0.2, 0.25) is 5.90 Å². The van der Waals surface area contributed by atoms with Crippen molar-refractivity contribution in [3.8, 4) is 0 Å². The van der Waals surface area contributed by atoms with Gasteiger partial charge in [0.25, 0.3) is 5.91 Å². The first kappa shape index (κ1) is 16.6. The van der Waals surface area contributed by atoms with Gasteiger partial charge in [-0.15, -0.1) is 0 Å². The van der Waals surface area contributed by atoms with Crippen LogP contribution in [0.3, 0.4) is 0 Å². The summed E-state index contributed by atoms with van der Waals surface area (Å²) in [5, 5.41) is 3.03. The van der Waals surface area contributed by atoms with Crippen LogP contribution in [0.15, 0.2) is 53.5 Å². The van der Waals surface area contributed by atoms with Gasteiger partial charge in [-0.1, -0.05) is 24.3 Å². The number of morpholine rings is 1. The van der Waals surface area contributed by atoms with E-state index in [4.69, 9.17) is 9.47 Å². The van der Waals surface area contributed by atoms with Crippen molar-refractivity contribution in [3.63, 3.8) is 0 Å². The summed E-state index contributed by atoms with van der Waals surface area (Å²) in [5.74, 6) is 0.445. The van der Waals surface area contributed by atoms with Crippen LogP contribution in [-0.4, -0.2) is 51.3 Å². The molecule has 6 nitrogen and oxygen atoms in total. The Bertz CT molecular complexity index is 829. The SMILES string of the molecule is O=C(Nc1ccccc1C1=NCCO1)c1ccccc1N1CCOCC1. The number of rotatable bonds is 4. The zero-order valence-electron chi connectivity index (χ0n) is 14.5. The molecular formula is C20H21N3O3. The summed E-state index contributed by atoms with van der Waals surface area (Å²) in [4.78, 5) is 19.5. The number of nitrogens with zero attached hydrogens (tertiary/aromatic N) is 2. The number of hydrogen-bond donors (Lipinski definition) is 1. The zero-order chi connectivity index (χ0) is 17.8. The molecule has 0 unspecified atom stereocenters. The van der Waals surface area contributed by atoms with E-state index in [9.17, 15) is 4.79 Å².